The van der Waals surface area contributed by atoms with E-state index in [0.29, 0.717) is 22.0 Å². The molecule has 0 radical (unpaired) electrons. The Balaban J connectivity index is 1.35. The molecular weight excluding hydrogens is 470 g/mol. The van der Waals surface area contributed by atoms with Crippen LogP contribution in [0.1, 0.15) is 35.7 Å². The average Bonchev–Trinajstić information content (AvgIpc) is 2.83. The third-order valence-electron chi connectivity index (χ3n) is 6.04. The fourth-order valence-electron chi connectivity index (χ4n) is 3.91. The molecule has 1 aliphatic rings. The number of carbonyl (C=O) groups excluding carboxylic acids is 1. The summed E-state index contributed by atoms with van der Waals surface area (Å²) < 4.78 is 27.8. The van der Waals surface area contributed by atoms with Crippen molar-refractivity contribution in [1.29, 1.82) is 0 Å². The number of nitrogens with zero attached hydrogens (tertiary/aromatic N) is 1. The zero-order valence-corrected chi connectivity index (χ0v) is 20.6. The molecule has 1 heterocycles. The third-order valence-corrected chi connectivity index (χ3v) is 7.75. The van der Waals surface area contributed by atoms with E-state index in [-0.39, 0.29) is 10.8 Å². The minimum absolute atomic E-state index is 0.0712. The van der Waals surface area contributed by atoms with Crippen LogP contribution in [0.15, 0.2) is 77.7 Å². The number of carbonyl (C=O) groups is 1. The highest BCUT2D eigenvalue weighted by Gasteiger charge is 2.17. The van der Waals surface area contributed by atoms with E-state index in [4.69, 9.17) is 11.6 Å². The van der Waals surface area contributed by atoms with Crippen LogP contribution in [0.4, 0.5) is 11.4 Å². The van der Waals surface area contributed by atoms with Gasteiger partial charge in [-0.25, -0.2) is 8.42 Å². The number of nitrogens with one attached hydrogen (secondary N) is 2. The quantitative estimate of drug-likeness (QED) is 0.443. The summed E-state index contributed by atoms with van der Waals surface area (Å²) in [5.41, 5.74) is 2.55. The van der Waals surface area contributed by atoms with E-state index in [1.807, 2.05) is 24.3 Å². The molecule has 1 amide bonds. The van der Waals surface area contributed by atoms with Crippen LogP contribution >= 0.6 is 11.6 Å². The molecule has 0 saturated carbocycles. The van der Waals surface area contributed by atoms with Gasteiger partial charge >= 0.3 is 0 Å². The summed E-state index contributed by atoms with van der Waals surface area (Å²) >= 11 is 6.05. The number of benzene rings is 3. The van der Waals surface area contributed by atoms with Crippen molar-refractivity contribution in [3.63, 3.8) is 0 Å². The number of anilines is 2. The molecule has 1 saturated heterocycles. The SMILES string of the molecule is CC1CCN(Cc2ccc(C(=O)Nc3ccc(S(=O)(=O)Nc4ccccc4Cl)cc3)cc2)CC1. The minimum atomic E-state index is -3.80. The number of hydrogen-bond acceptors (Lipinski definition) is 4. The summed E-state index contributed by atoms with van der Waals surface area (Å²) in [7, 11) is -3.80. The molecule has 0 spiro atoms. The van der Waals surface area contributed by atoms with Crippen LogP contribution < -0.4 is 10.0 Å². The van der Waals surface area contributed by atoms with Gasteiger partial charge in [-0.1, -0.05) is 42.8 Å². The number of likely N-dealkylation sites (tertiary alicyclic amines) is 1. The third kappa shape index (κ3) is 6.17. The summed E-state index contributed by atoms with van der Waals surface area (Å²) in [5.74, 6) is 0.554. The monoisotopic (exact) mass is 497 g/mol. The van der Waals surface area contributed by atoms with E-state index >= 15 is 0 Å². The van der Waals surface area contributed by atoms with Crippen LogP contribution in [0.5, 0.6) is 0 Å². The second kappa shape index (κ2) is 10.6. The van der Waals surface area contributed by atoms with Gasteiger partial charge in [0.15, 0.2) is 0 Å². The van der Waals surface area contributed by atoms with Crippen molar-refractivity contribution in [2.75, 3.05) is 23.1 Å². The highest BCUT2D eigenvalue weighted by molar-refractivity contribution is 7.92. The summed E-state index contributed by atoms with van der Waals surface area (Å²) in [6.45, 7) is 5.42. The van der Waals surface area contributed by atoms with Crippen LogP contribution in [0.25, 0.3) is 0 Å². The second-order valence-corrected chi connectivity index (χ2v) is 10.8. The number of rotatable bonds is 7. The molecule has 0 atom stereocenters. The van der Waals surface area contributed by atoms with Crippen LogP contribution in [0.3, 0.4) is 0 Å². The standard InChI is InChI=1S/C26H28ClN3O3S/c1-19-14-16-30(17-15-19)18-20-6-8-21(9-7-20)26(31)28-22-10-12-23(13-11-22)34(32,33)29-25-5-3-2-4-24(25)27/h2-13,19,29H,14-18H2,1H3,(H,28,31). The highest BCUT2D eigenvalue weighted by Crippen LogP contribution is 2.25. The molecule has 178 valence electrons. The van der Waals surface area contributed by atoms with E-state index < -0.39 is 10.0 Å². The molecule has 0 unspecified atom stereocenters. The number of hydrogen-bond donors (Lipinski definition) is 2. The van der Waals surface area contributed by atoms with Crippen LogP contribution in [0.2, 0.25) is 5.02 Å². The maximum absolute atomic E-state index is 12.6. The Hall–Kier alpha value is -2.87. The Morgan fingerprint density at radius 1 is 0.971 bits per heavy atom. The topological polar surface area (TPSA) is 78.5 Å². The summed E-state index contributed by atoms with van der Waals surface area (Å²) in [5, 5.41) is 3.13. The molecule has 0 aliphatic carbocycles. The van der Waals surface area contributed by atoms with Gasteiger partial charge in [-0.15, -0.1) is 0 Å². The van der Waals surface area contributed by atoms with Gasteiger partial charge in [-0.2, -0.15) is 0 Å². The van der Waals surface area contributed by atoms with Gasteiger partial charge in [-0.3, -0.25) is 14.4 Å². The van der Waals surface area contributed by atoms with Crippen molar-refractivity contribution in [2.24, 2.45) is 5.92 Å². The van der Waals surface area contributed by atoms with E-state index in [2.05, 4.69) is 21.9 Å². The Morgan fingerprint density at radius 3 is 2.26 bits per heavy atom. The molecule has 8 heteroatoms. The second-order valence-electron chi connectivity index (χ2n) is 8.72. The summed E-state index contributed by atoms with van der Waals surface area (Å²) in [4.78, 5) is 15.2. The predicted molar refractivity (Wildman–Crippen MR) is 137 cm³/mol. The van der Waals surface area contributed by atoms with Crippen LogP contribution in [-0.2, 0) is 16.6 Å². The van der Waals surface area contributed by atoms with Crippen molar-refractivity contribution < 1.29 is 13.2 Å². The molecule has 0 bridgehead atoms. The molecule has 34 heavy (non-hydrogen) atoms. The van der Waals surface area contributed by atoms with Gasteiger partial charge in [0.1, 0.15) is 0 Å². The van der Waals surface area contributed by atoms with Crippen molar-refractivity contribution in [3.8, 4) is 0 Å². The van der Waals surface area contributed by atoms with E-state index in [9.17, 15) is 13.2 Å². The lowest BCUT2D eigenvalue weighted by molar-refractivity contribution is 0.102. The molecular formula is C26H28ClN3O3S. The lowest BCUT2D eigenvalue weighted by Crippen LogP contribution is -2.32. The Kier molecular flexibility index (Phi) is 7.56. The first-order valence-corrected chi connectivity index (χ1v) is 13.2. The maximum Gasteiger partial charge on any atom is 0.261 e. The van der Waals surface area contributed by atoms with Gasteiger partial charge < -0.3 is 5.32 Å². The molecule has 3 aromatic rings. The number of piperidine rings is 1. The van der Waals surface area contributed by atoms with Crippen molar-refractivity contribution in [1.82, 2.24) is 4.90 Å². The van der Waals surface area contributed by atoms with Gasteiger partial charge in [-0.05, 0) is 85.9 Å². The average molecular weight is 498 g/mol. The normalized spacial score (nSPS) is 15.1. The van der Waals surface area contributed by atoms with Crippen molar-refractivity contribution >= 4 is 38.9 Å². The lowest BCUT2D eigenvalue weighted by atomic mass is 9.99. The number of sulfonamides is 1. The minimum Gasteiger partial charge on any atom is -0.322 e. The van der Waals surface area contributed by atoms with Crippen LogP contribution in [0, 0.1) is 5.92 Å². The summed E-state index contributed by atoms with van der Waals surface area (Å²) in [6.07, 6.45) is 2.47. The number of para-hydroxylation sites is 1. The van der Waals surface area contributed by atoms with Crippen molar-refractivity contribution in [3.05, 3.63) is 88.9 Å². The molecule has 1 aliphatic heterocycles. The Bertz CT molecular complexity index is 1240. The molecule has 6 nitrogen and oxygen atoms in total. The maximum atomic E-state index is 12.6. The van der Waals surface area contributed by atoms with Gasteiger partial charge in [0.05, 0.1) is 15.6 Å². The first-order chi connectivity index (χ1) is 16.3. The van der Waals surface area contributed by atoms with Crippen molar-refractivity contribution in [2.45, 2.75) is 31.2 Å². The van der Waals surface area contributed by atoms with E-state index in [1.54, 1.807) is 36.4 Å². The number of amides is 1. The first-order valence-electron chi connectivity index (χ1n) is 11.3. The van der Waals surface area contributed by atoms with Crippen LogP contribution in [-0.4, -0.2) is 32.3 Å². The molecule has 2 N–H and O–H groups in total. The molecule has 3 aromatic carbocycles. The predicted octanol–water partition coefficient (Wildman–Crippen LogP) is 5.63. The summed E-state index contributed by atoms with van der Waals surface area (Å²) in [6, 6.07) is 20.2. The largest absolute Gasteiger partial charge is 0.322 e. The number of halogens is 1. The highest BCUT2D eigenvalue weighted by atomic mass is 35.5. The van der Waals surface area contributed by atoms with E-state index in [1.165, 1.54) is 30.5 Å². The Morgan fingerprint density at radius 2 is 1.62 bits per heavy atom. The zero-order chi connectivity index (χ0) is 24.1. The Labute approximate surface area is 206 Å². The molecule has 4 rings (SSSR count). The van der Waals surface area contributed by atoms with Gasteiger partial charge in [0.2, 0.25) is 0 Å². The fourth-order valence-corrected chi connectivity index (χ4v) is 5.23. The van der Waals surface area contributed by atoms with E-state index in [0.717, 1.165) is 25.6 Å². The fraction of sp³-hybridized carbons (Fsp3) is 0.269. The van der Waals surface area contributed by atoms with Gasteiger partial charge in [0, 0.05) is 17.8 Å². The zero-order valence-electron chi connectivity index (χ0n) is 19.0. The molecule has 1 fully saturated rings. The van der Waals surface area contributed by atoms with Gasteiger partial charge in [0.25, 0.3) is 15.9 Å². The molecule has 0 aromatic heterocycles. The first kappa shape index (κ1) is 24.3. The lowest BCUT2D eigenvalue weighted by Gasteiger charge is -2.30. The smallest absolute Gasteiger partial charge is 0.261 e.